The van der Waals surface area contributed by atoms with Gasteiger partial charge in [-0.2, -0.15) is 0 Å². The van der Waals surface area contributed by atoms with Crippen LogP contribution in [0.3, 0.4) is 0 Å². The van der Waals surface area contributed by atoms with E-state index in [0.29, 0.717) is 37.4 Å². The second-order valence-corrected chi connectivity index (χ2v) is 6.45. The number of hydrogen-bond donors (Lipinski definition) is 0. The van der Waals surface area contributed by atoms with E-state index in [9.17, 15) is 9.59 Å². The SMILES string of the molecule is COc1ccccc1C(=O)N1CCC2COC(=O)N2c2ccccc2C1. The van der Waals surface area contributed by atoms with Crippen LogP contribution in [-0.4, -0.2) is 43.2 Å². The summed E-state index contributed by atoms with van der Waals surface area (Å²) >= 11 is 0. The van der Waals surface area contributed by atoms with Crippen molar-refractivity contribution in [3.8, 4) is 5.75 Å². The van der Waals surface area contributed by atoms with Crippen LogP contribution in [-0.2, 0) is 11.3 Å². The number of fused-ring (bicyclic) bond motifs is 3. The van der Waals surface area contributed by atoms with Crippen molar-refractivity contribution in [3.63, 3.8) is 0 Å². The van der Waals surface area contributed by atoms with Crippen molar-refractivity contribution < 1.29 is 19.1 Å². The summed E-state index contributed by atoms with van der Waals surface area (Å²) in [5.74, 6) is 0.491. The Morgan fingerprint density at radius 3 is 2.77 bits per heavy atom. The second-order valence-electron chi connectivity index (χ2n) is 6.45. The molecule has 2 aromatic carbocycles. The highest BCUT2D eigenvalue weighted by Gasteiger charge is 2.37. The molecule has 0 aliphatic carbocycles. The van der Waals surface area contributed by atoms with Gasteiger partial charge in [0, 0.05) is 13.1 Å². The number of nitrogens with zero attached hydrogens (tertiary/aromatic N) is 2. The van der Waals surface area contributed by atoms with Gasteiger partial charge in [-0.3, -0.25) is 9.69 Å². The number of ether oxygens (including phenoxy) is 2. The van der Waals surface area contributed by atoms with Gasteiger partial charge in [-0.05, 0) is 30.2 Å². The lowest BCUT2D eigenvalue weighted by Crippen LogP contribution is -2.42. The summed E-state index contributed by atoms with van der Waals surface area (Å²) in [6, 6.07) is 14.9. The lowest BCUT2D eigenvalue weighted by Gasteiger charge is -2.32. The summed E-state index contributed by atoms with van der Waals surface area (Å²) in [6.45, 7) is 1.33. The van der Waals surface area contributed by atoms with Crippen LogP contribution in [0.4, 0.5) is 10.5 Å². The summed E-state index contributed by atoms with van der Waals surface area (Å²) in [7, 11) is 1.56. The van der Waals surface area contributed by atoms with Gasteiger partial charge in [0.25, 0.3) is 5.91 Å². The van der Waals surface area contributed by atoms with Crippen LogP contribution in [0.1, 0.15) is 22.3 Å². The van der Waals surface area contributed by atoms with Crippen LogP contribution in [0, 0.1) is 0 Å². The average molecular weight is 352 g/mol. The van der Waals surface area contributed by atoms with Crippen molar-refractivity contribution in [2.24, 2.45) is 0 Å². The molecule has 1 fully saturated rings. The van der Waals surface area contributed by atoms with Gasteiger partial charge in [-0.15, -0.1) is 0 Å². The molecule has 2 heterocycles. The Hall–Kier alpha value is -3.02. The fourth-order valence-electron chi connectivity index (χ4n) is 3.60. The monoisotopic (exact) mass is 352 g/mol. The quantitative estimate of drug-likeness (QED) is 0.833. The Bertz CT molecular complexity index is 851. The maximum atomic E-state index is 13.1. The van der Waals surface area contributed by atoms with Crippen LogP contribution in [0.2, 0.25) is 0 Å². The number of rotatable bonds is 2. The number of carbonyl (C=O) groups is 2. The zero-order valence-electron chi connectivity index (χ0n) is 14.6. The molecule has 6 nitrogen and oxygen atoms in total. The summed E-state index contributed by atoms with van der Waals surface area (Å²) in [6.07, 6.45) is 0.355. The Morgan fingerprint density at radius 1 is 1.15 bits per heavy atom. The number of cyclic esters (lactones) is 1. The molecule has 1 atom stereocenters. The number of benzene rings is 2. The first-order valence-electron chi connectivity index (χ1n) is 8.65. The molecule has 6 heteroatoms. The molecule has 134 valence electrons. The van der Waals surface area contributed by atoms with Crippen LogP contribution in [0.25, 0.3) is 0 Å². The number of anilines is 1. The number of carbonyl (C=O) groups excluding carboxylic acids is 2. The number of hydrogen-bond acceptors (Lipinski definition) is 4. The minimum Gasteiger partial charge on any atom is -0.496 e. The molecule has 0 saturated carbocycles. The molecule has 0 radical (unpaired) electrons. The second kappa shape index (κ2) is 6.71. The van der Waals surface area contributed by atoms with Gasteiger partial charge in [0.05, 0.1) is 24.4 Å². The van der Waals surface area contributed by atoms with Gasteiger partial charge < -0.3 is 14.4 Å². The Kier molecular flexibility index (Phi) is 4.24. The maximum Gasteiger partial charge on any atom is 0.414 e. The largest absolute Gasteiger partial charge is 0.496 e. The third-order valence-corrected chi connectivity index (χ3v) is 4.93. The normalized spacial score (nSPS) is 19.1. The van der Waals surface area contributed by atoms with Gasteiger partial charge in [0.15, 0.2) is 0 Å². The summed E-state index contributed by atoms with van der Waals surface area (Å²) in [5.41, 5.74) is 2.29. The highest BCUT2D eigenvalue weighted by atomic mass is 16.6. The summed E-state index contributed by atoms with van der Waals surface area (Å²) in [5, 5.41) is 0. The van der Waals surface area contributed by atoms with Crippen molar-refractivity contribution in [1.82, 2.24) is 4.90 Å². The van der Waals surface area contributed by atoms with Crippen LogP contribution < -0.4 is 9.64 Å². The highest BCUT2D eigenvalue weighted by molar-refractivity contribution is 5.97. The fraction of sp³-hybridized carbons (Fsp3) is 0.300. The molecule has 2 aromatic rings. The molecule has 26 heavy (non-hydrogen) atoms. The molecule has 2 amide bonds. The van der Waals surface area contributed by atoms with Crippen molar-refractivity contribution >= 4 is 17.7 Å². The topological polar surface area (TPSA) is 59.1 Å². The number of amides is 2. The molecule has 0 aromatic heterocycles. The zero-order valence-corrected chi connectivity index (χ0v) is 14.6. The van der Waals surface area contributed by atoms with E-state index in [1.54, 1.807) is 24.1 Å². The Balaban J connectivity index is 1.70. The van der Waals surface area contributed by atoms with E-state index in [0.717, 1.165) is 11.3 Å². The molecule has 1 unspecified atom stereocenters. The first-order chi connectivity index (χ1) is 12.7. The summed E-state index contributed by atoms with van der Waals surface area (Å²) in [4.78, 5) is 28.8. The molecular weight excluding hydrogens is 332 g/mol. The van der Waals surface area contributed by atoms with Gasteiger partial charge in [-0.1, -0.05) is 30.3 Å². The molecule has 1 saturated heterocycles. The van der Waals surface area contributed by atoms with E-state index in [2.05, 4.69) is 0 Å². The smallest absolute Gasteiger partial charge is 0.414 e. The molecular formula is C20H20N2O4. The zero-order chi connectivity index (χ0) is 18.1. The Labute approximate surface area is 151 Å². The molecule has 0 bridgehead atoms. The minimum absolute atomic E-state index is 0.0584. The van der Waals surface area contributed by atoms with Gasteiger partial charge in [0.2, 0.25) is 0 Å². The predicted molar refractivity (Wildman–Crippen MR) is 96.4 cm³/mol. The van der Waals surface area contributed by atoms with E-state index >= 15 is 0 Å². The minimum atomic E-state index is -0.313. The van der Waals surface area contributed by atoms with Crippen LogP contribution in [0.15, 0.2) is 48.5 Å². The lowest BCUT2D eigenvalue weighted by atomic mass is 10.0. The van der Waals surface area contributed by atoms with Gasteiger partial charge in [-0.25, -0.2) is 4.79 Å². The van der Waals surface area contributed by atoms with E-state index in [-0.39, 0.29) is 18.0 Å². The van der Waals surface area contributed by atoms with Crippen molar-refractivity contribution in [1.29, 1.82) is 0 Å². The molecule has 2 aliphatic heterocycles. The average Bonchev–Trinajstić information content (AvgIpc) is 3.02. The van der Waals surface area contributed by atoms with E-state index in [1.807, 2.05) is 41.3 Å². The first-order valence-corrected chi connectivity index (χ1v) is 8.65. The maximum absolute atomic E-state index is 13.1. The van der Waals surface area contributed by atoms with Crippen molar-refractivity contribution in [3.05, 3.63) is 59.7 Å². The van der Waals surface area contributed by atoms with Crippen LogP contribution in [0.5, 0.6) is 5.75 Å². The first kappa shape index (κ1) is 16.4. The van der Waals surface area contributed by atoms with E-state index in [1.165, 1.54) is 0 Å². The molecule has 0 spiro atoms. The summed E-state index contributed by atoms with van der Waals surface area (Å²) < 4.78 is 10.6. The van der Waals surface area contributed by atoms with Gasteiger partial charge in [0.1, 0.15) is 12.4 Å². The Morgan fingerprint density at radius 2 is 1.92 bits per heavy atom. The van der Waals surface area contributed by atoms with E-state index < -0.39 is 0 Å². The number of para-hydroxylation sites is 2. The molecule has 2 aliphatic rings. The predicted octanol–water partition coefficient (Wildman–Crippen LogP) is 3.07. The molecule has 4 rings (SSSR count). The number of methoxy groups -OCH3 is 1. The third kappa shape index (κ3) is 2.77. The van der Waals surface area contributed by atoms with Crippen molar-refractivity contribution in [2.75, 3.05) is 25.2 Å². The van der Waals surface area contributed by atoms with E-state index in [4.69, 9.17) is 9.47 Å². The highest BCUT2D eigenvalue weighted by Crippen LogP contribution is 2.32. The molecule has 0 N–H and O–H groups in total. The van der Waals surface area contributed by atoms with Crippen LogP contribution >= 0.6 is 0 Å². The third-order valence-electron chi connectivity index (χ3n) is 4.93. The standard InChI is InChI=1S/C20H20N2O4/c1-25-18-9-5-3-7-16(18)19(23)21-11-10-15-13-26-20(24)22(15)17-8-4-2-6-14(17)12-21/h2-9,15H,10-13H2,1H3. The fourth-order valence-corrected chi connectivity index (χ4v) is 3.60. The van der Waals surface area contributed by atoms with Gasteiger partial charge >= 0.3 is 6.09 Å². The van der Waals surface area contributed by atoms with Crippen molar-refractivity contribution in [2.45, 2.75) is 19.0 Å². The lowest BCUT2D eigenvalue weighted by molar-refractivity contribution is 0.0731.